The van der Waals surface area contributed by atoms with Crippen LogP contribution in [0.4, 0.5) is 10.8 Å². The molecule has 1 N–H and O–H groups in total. The van der Waals surface area contributed by atoms with Crippen molar-refractivity contribution in [2.45, 2.75) is 20.8 Å². The van der Waals surface area contributed by atoms with Gasteiger partial charge in [0.15, 0.2) is 5.13 Å². The zero-order valence-electron chi connectivity index (χ0n) is 12.5. The number of hydrogen-bond donors (Lipinski definition) is 1. The van der Waals surface area contributed by atoms with Crippen molar-refractivity contribution in [1.82, 2.24) is 4.98 Å². The molecule has 3 rings (SSSR count). The van der Waals surface area contributed by atoms with Gasteiger partial charge in [-0.3, -0.25) is 0 Å². The first-order chi connectivity index (χ1) is 10.1. The molecule has 1 aromatic heterocycles. The van der Waals surface area contributed by atoms with Crippen LogP contribution in [0.3, 0.4) is 0 Å². The third-order valence-electron chi connectivity index (χ3n) is 3.55. The van der Waals surface area contributed by atoms with Crippen LogP contribution in [0.2, 0.25) is 0 Å². The summed E-state index contributed by atoms with van der Waals surface area (Å²) in [7, 11) is 0. The molecule has 0 aliphatic rings. The maximum Gasteiger partial charge on any atom is 0.187 e. The van der Waals surface area contributed by atoms with E-state index in [2.05, 4.69) is 67.5 Å². The highest BCUT2D eigenvalue weighted by Crippen LogP contribution is 2.35. The summed E-state index contributed by atoms with van der Waals surface area (Å²) in [5.41, 5.74) is 7.55. The van der Waals surface area contributed by atoms with Crippen LogP contribution in [0.15, 0.2) is 48.0 Å². The van der Waals surface area contributed by atoms with Crippen molar-refractivity contribution in [2.24, 2.45) is 0 Å². The second-order valence-electron chi connectivity index (χ2n) is 5.28. The monoisotopic (exact) mass is 294 g/mol. The summed E-state index contributed by atoms with van der Waals surface area (Å²) >= 11 is 1.61. The molecule has 0 spiro atoms. The van der Waals surface area contributed by atoms with Crippen molar-refractivity contribution >= 4 is 22.2 Å². The predicted molar refractivity (Wildman–Crippen MR) is 91.5 cm³/mol. The van der Waals surface area contributed by atoms with E-state index in [-0.39, 0.29) is 0 Å². The fourth-order valence-corrected chi connectivity index (χ4v) is 3.36. The van der Waals surface area contributed by atoms with Crippen molar-refractivity contribution in [1.29, 1.82) is 0 Å². The number of hydrogen-bond acceptors (Lipinski definition) is 3. The van der Waals surface area contributed by atoms with E-state index in [4.69, 9.17) is 0 Å². The first kappa shape index (κ1) is 13.8. The predicted octanol–water partition coefficient (Wildman–Crippen LogP) is 5.48. The molecule has 2 nitrogen and oxygen atoms in total. The number of nitrogens with one attached hydrogen (secondary N) is 1. The van der Waals surface area contributed by atoms with Gasteiger partial charge in [-0.05, 0) is 43.5 Å². The fraction of sp³-hybridized carbons (Fsp3) is 0.167. The highest BCUT2D eigenvalue weighted by Gasteiger charge is 2.11. The van der Waals surface area contributed by atoms with Crippen LogP contribution in [0.5, 0.6) is 0 Å². The minimum Gasteiger partial charge on any atom is -0.331 e. The van der Waals surface area contributed by atoms with Gasteiger partial charge >= 0.3 is 0 Å². The summed E-state index contributed by atoms with van der Waals surface area (Å²) in [4.78, 5) is 4.31. The molecule has 0 fully saturated rings. The average Bonchev–Trinajstić information content (AvgIpc) is 2.92. The van der Waals surface area contributed by atoms with Gasteiger partial charge in [0, 0.05) is 22.8 Å². The Bertz CT molecular complexity index is 738. The minimum atomic E-state index is 0.921. The standard InChI is InChI=1S/C18H18N2S/c1-12-10-13(2)17(14(3)11-12)15-6-4-5-7-16(15)20-18-19-8-9-21-18/h4-11H,1-3H3,(H,19,20). The maximum atomic E-state index is 4.31. The lowest BCUT2D eigenvalue weighted by atomic mass is 9.93. The highest BCUT2D eigenvalue weighted by atomic mass is 32.1. The van der Waals surface area contributed by atoms with Crippen LogP contribution >= 0.6 is 11.3 Å². The smallest absolute Gasteiger partial charge is 0.187 e. The first-order valence-corrected chi connectivity index (χ1v) is 7.87. The SMILES string of the molecule is Cc1cc(C)c(-c2ccccc2Nc2nccs2)c(C)c1. The minimum absolute atomic E-state index is 0.921. The average molecular weight is 294 g/mol. The van der Waals surface area contributed by atoms with Gasteiger partial charge in [0.25, 0.3) is 0 Å². The summed E-state index contributed by atoms with van der Waals surface area (Å²) in [5, 5.41) is 6.33. The van der Waals surface area contributed by atoms with Gasteiger partial charge in [-0.1, -0.05) is 35.9 Å². The second kappa shape index (κ2) is 5.70. The van der Waals surface area contributed by atoms with Gasteiger partial charge in [-0.15, -0.1) is 11.3 Å². The number of thiazole rings is 1. The fourth-order valence-electron chi connectivity index (χ4n) is 2.82. The molecule has 3 aromatic rings. The summed E-state index contributed by atoms with van der Waals surface area (Å²) < 4.78 is 0. The lowest BCUT2D eigenvalue weighted by Crippen LogP contribution is -1.96. The van der Waals surface area contributed by atoms with Gasteiger partial charge < -0.3 is 5.32 Å². The van der Waals surface area contributed by atoms with Crippen LogP contribution < -0.4 is 5.32 Å². The maximum absolute atomic E-state index is 4.31. The van der Waals surface area contributed by atoms with Crippen LogP contribution in [0.25, 0.3) is 11.1 Å². The van der Waals surface area contributed by atoms with Gasteiger partial charge in [0.2, 0.25) is 0 Å². The summed E-state index contributed by atoms with van der Waals surface area (Å²) in [6.45, 7) is 6.49. The molecule has 1 heterocycles. The molecule has 0 aliphatic carbocycles. The molecule has 21 heavy (non-hydrogen) atoms. The molecule has 0 saturated carbocycles. The number of rotatable bonds is 3. The zero-order valence-corrected chi connectivity index (χ0v) is 13.3. The topological polar surface area (TPSA) is 24.9 Å². The number of para-hydroxylation sites is 1. The van der Waals surface area contributed by atoms with Crippen molar-refractivity contribution in [3.63, 3.8) is 0 Å². The summed E-state index contributed by atoms with van der Waals surface area (Å²) in [6, 6.07) is 12.9. The van der Waals surface area contributed by atoms with E-state index in [0.29, 0.717) is 0 Å². The molecule has 0 amide bonds. The Hall–Kier alpha value is -2.13. The van der Waals surface area contributed by atoms with Crippen LogP contribution in [-0.2, 0) is 0 Å². The molecule has 0 radical (unpaired) electrons. The van der Waals surface area contributed by atoms with Gasteiger partial charge in [0.05, 0.1) is 0 Å². The molecule has 0 bridgehead atoms. The third-order valence-corrected chi connectivity index (χ3v) is 4.24. The first-order valence-electron chi connectivity index (χ1n) is 6.99. The van der Waals surface area contributed by atoms with E-state index in [1.54, 1.807) is 11.3 Å². The largest absolute Gasteiger partial charge is 0.331 e. The highest BCUT2D eigenvalue weighted by molar-refractivity contribution is 7.13. The van der Waals surface area contributed by atoms with E-state index in [9.17, 15) is 0 Å². The van der Waals surface area contributed by atoms with E-state index >= 15 is 0 Å². The summed E-state index contributed by atoms with van der Waals surface area (Å²) in [5.74, 6) is 0. The Kier molecular flexibility index (Phi) is 3.76. The number of anilines is 2. The Morgan fingerprint density at radius 3 is 2.38 bits per heavy atom. The normalized spacial score (nSPS) is 10.6. The van der Waals surface area contributed by atoms with Crippen molar-refractivity contribution in [3.05, 3.63) is 64.7 Å². The van der Waals surface area contributed by atoms with E-state index in [0.717, 1.165) is 10.8 Å². The quantitative estimate of drug-likeness (QED) is 0.692. The third kappa shape index (κ3) is 2.83. The Morgan fingerprint density at radius 2 is 1.71 bits per heavy atom. The number of nitrogens with zero attached hydrogens (tertiary/aromatic N) is 1. The molecular formula is C18H18N2S. The zero-order chi connectivity index (χ0) is 14.8. The van der Waals surface area contributed by atoms with Gasteiger partial charge in [-0.2, -0.15) is 0 Å². The van der Waals surface area contributed by atoms with E-state index in [1.807, 2.05) is 11.6 Å². The van der Waals surface area contributed by atoms with Gasteiger partial charge in [-0.25, -0.2) is 4.98 Å². The Balaban J connectivity index is 2.11. The molecule has 0 aliphatic heterocycles. The molecule has 2 aromatic carbocycles. The molecule has 0 saturated heterocycles. The molecule has 0 atom stereocenters. The van der Waals surface area contributed by atoms with Crippen LogP contribution in [0.1, 0.15) is 16.7 Å². The van der Waals surface area contributed by atoms with Crippen molar-refractivity contribution < 1.29 is 0 Å². The molecule has 106 valence electrons. The molecular weight excluding hydrogens is 276 g/mol. The van der Waals surface area contributed by atoms with E-state index in [1.165, 1.54) is 27.8 Å². The molecule has 3 heteroatoms. The van der Waals surface area contributed by atoms with Crippen molar-refractivity contribution in [2.75, 3.05) is 5.32 Å². The van der Waals surface area contributed by atoms with Crippen LogP contribution in [-0.4, -0.2) is 4.98 Å². The van der Waals surface area contributed by atoms with Gasteiger partial charge in [0.1, 0.15) is 0 Å². The Morgan fingerprint density at radius 1 is 1.00 bits per heavy atom. The lowest BCUT2D eigenvalue weighted by molar-refractivity contribution is 1.32. The number of benzene rings is 2. The lowest BCUT2D eigenvalue weighted by Gasteiger charge is -2.16. The summed E-state index contributed by atoms with van der Waals surface area (Å²) in [6.07, 6.45) is 1.82. The number of aromatic nitrogens is 1. The van der Waals surface area contributed by atoms with E-state index < -0.39 is 0 Å². The second-order valence-corrected chi connectivity index (χ2v) is 6.18. The molecule has 0 unspecified atom stereocenters. The Labute approximate surface area is 129 Å². The number of aryl methyl sites for hydroxylation is 3. The van der Waals surface area contributed by atoms with Crippen LogP contribution in [0, 0.1) is 20.8 Å². The van der Waals surface area contributed by atoms with Crippen molar-refractivity contribution in [3.8, 4) is 11.1 Å².